The molecular weight excluding hydrogens is 402 g/mol. The molecule has 2 aliphatic heterocycles. The van der Waals surface area contributed by atoms with Gasteiger partial charge in [0, 0.05) is 10.3 Å². The van der Waals surface area contributed by atoms with Gasteiger partial charge in [-0.1, -0.05) is 38.5 Å². The topological polar surface area (TPSA) is 98.7 Å². The zero-order chi connectivity index (χ0) is 22.2. The van der Waals surface area contributed by atoms with Crippen molar-refractivity contribution in [1.82, 2.24) is 15.5 Å². The highest BCUT2D eigenvalue weighted by Gasteiger charge is 2.57. The molecule has 8 heteroatoms. The number of hydrogen-bond donors (Lipinski definition) is 3. The highest BCUT2D eigenvalue weighted by molar-refractivity contribution is 8.01. The lowest BCUT2D eigenvalue weighted by atomic mass is 9.99. The van der Waals surface area contributed by atoms with Crippen molar-refractivity contribution in [3.05, 3.63) is 35.4 Å². The second kappa shape index (κ2) is 8.59. The summed E-state index contributed by atoms with van der Waals surface area (Å²) in [6, 6.07) is 5.61. The number of aliphatic hydroxyl groups excluding tert-OH is 1. The second-order valence-electron chi connectivity index (χ2n) is 8.69. The van der Waals surface area contributed by atoms with Gasteiger partial charge in [0.1, 0.15) is 17.5 Å². The van der Waals surface area contributed by atoms with Gasteiger partial charge < -0.3 is 20.6 Å². The molecule has 3 rings (SSSR count). The van der Waals surface area contributed by atoms with Gasteiger partial charge in [0.25, 0.3) is 5.91 Å². The highest BCUT2D eigenvalue weighted by atomic mass is 32.2. The van der Waals surface area contributed by atoms with Crippen LogP contribution in [0.1, 0.15) is 62.3 Å². The smallest absolute Gasteiger partial charge is 0.256 e. The first-order valence-corrected chi connectivity index (χ1v) is 11.3. The van der Waals surface area contributed by atoms with Crippen molar-refractivity contribution in [2.45, 2.75) is 69.3 Å². The molecule has 3 amide bonds. The van der Waals surface area contributed by atoms with Gasteiger partial charge in [0.15, 0.2) is 0 Å². The summed E-state index contributed by atoms with van der Waals surface area (Å²) in [4.78, 5) is 40.5. The van der Waals surface area contributed by atoms with Crippen molar-refractivity contribution >= 4 is 29.5 Å². The maximum absolute atomic E-state index is 13.2. The molecule has 0 aliphatic carbocycles. The largest absolute Gasteiger partial charge is 0.394 e. The van der Waals surface area contributed by atoms with Crippen LogP contribution < -0.4 is 10.6 Å². The fourth-order valence-electron chi connectivity index (χ4n) is 4.12. The fourth-order valence-corrected chi connectivity index (χ4v) is 5.71. The molecule has 3 N–H and O–H groups in total. The Kier molecular flexibility index (Phi) is 6.48. The van der Waals surface area contributed by atoms with E-state index in [0.717, 1.165) is 12.0 Å². The Morgan fingerprint density at radius 2 is 1.90 bits per heavy atom. The normalized spacial score (nSPS) is 24.6. The number of amides is 3. The second-order valence-corrected chi connectivity index (χ2v) is 10.4. The van der Waals surface area contributed by atoms with Crippen LogP contribution >= 0.6 is 11.8 Å². The molecule has 0 radical (unpaired) electrons. The van der Waals surface area contributed by atoms with Gasteiger partial charge in [-0.05, 0) is 38.3 Å². The predicted molar refractivity (Wildman–Crippen MR) is 117 cm³/mol. The van der Waals surface area contributed by atoms with Gasteiger partial charge >= 0.3 is 0 Å². The van der Waals surface area contributed by atoms with E-state index in [-0.39, 0.29) is 41.7 Å². The average molecular weight is 434 g/mol. The third-order valence-corrected chi connectivity index (χ3v) is 7.69. The number of thioether (sulfide) groups is 1. The predicted octanol–water partition coefficient (Wildman–Crippen LogP) is 2.06. The van der Waals surface area contributed by atoms with Crippen LogP contribution in [0.4, 0.5) is 0 Å². The minimum atomic E-state index is -0.782. The number of aliphatic hydroxyl groups is 1. The Morgan fingerprint density at radius 1 is 1.23 bits per heavy atom. The van der Waals surface area contributed by atoms with Gasteiger partial charge in [-0.15, -0.1) is 11.8 Å². The lowest BCUT2D eigenvalue weighted by Crippen LogP contribution is -2.57. The first kappa shape index (κ1) is 22.6. The molecule has 0 unspecified atom stereocenters. The van der Waals surface area contributed by atoms with E-state index in [1.165, 1.54) is 0 Å². The van der Waals surface area contributed by atoms with Crippen LogP contribution in [0.3, 0.4) is 0 Å². The summed E-state index contributed by atoms with van der Waals surface area (Å²) in [5.41, 5.74) is 1.56. The number of carbonyl (C=O) groups excluding carboxylic acids is 3. The summed E-state index contributed by atoms with van der Waals surface area (Å²) in [5.74, 6) is -0.724. The number of hydrogen-bond acceptors (Lipinski definition) is 5. The summed E-state index contributed by atoms with van der Waals surface area (Å²) in [6.07, 6.45) is 0.818. The van der Waals surface area contributed by atoms with E-state index >= 15 is 0 Å². The summed E-state index contributed by atoms with van der Waals surface area (Å²) in [7, 11) is 0. The zero-order valence-corrected chi connectivity index (χ0v) is 19.0. The van der Waals surface area contributed by atoms with Gasteiger partial charge in [-0.25, -0.2) is 0 Å². The Balaban J connectivity index is 1.73. The van der Waals surface area contributed by atoms with Gasteiger partial charge in [-0.2, -0.15) is 0 Å². The van der Waals surface area contributed by atoms with Crippen LogP contribution in [-0.4, -0.2) is 57.2 Å². The summed E-state index contributed by atoms with van der Waals surface area (Å²) in [5, 5.41) is 14.9. The molecule has 1 saturated heterocycles. The number of fused-ring (bicyclic) bond motifs is 3. The van der Waals surface area contributed by atoms with E-state index in [4.69, 9.17) is 0 Å². The molecule has 1 aromatic rings. The van der Waals surface area contributed by atoms with E-state index in [1.54, 1.807) is 29.7 Å². The molecule has 0 bridgehead atoms. The van der Waals surface area contributed by atoms with E-state index < -0.39 is 16.8 Å². The standard InChI is InChI=1S/C22H31N3O4S/c1-6-12(2)16(11-26)24-18(27)13(3)23-19(28)17-22(4,5)30-21-15-10-8-7-9-14(15)20(29)25(17)21/h7-10,12-13,16-17,21,26H,6,11H2,1-5H3,(H,23,28)(H,24,27)/t12-,13-,16+,17+,21+/m0/s1. The molecule has 0 saturated carbocycles. The molecular formula is C22H31N3O4S. The molecule has 2 aliphatic rings. The molecule has 30 heavy (non-hydrogen) atoms. The quantitative estimate of drug-likeness (QED) is 0.611. The number of nitrogens with one attached hydrogen (secondary N) is 2. The number of benzene rings is 1. The van der Waals surface area contributed by atoms with E-state index in [2.05, 4.69) is 10.6 Å². The van der Waals surface area contributed by atoms with Gasteiger partial charge in [0.05, 0.1) is 12.6 Å². The lowest BCUT2D eigenvalue weighted by Gasteiger charge is -2.31. The summed E-state index contributed by atoms with van der Waals surface area (Å²) < 4.78 is -0.501. The fraction of sp³-hybridized carbons (Fsp3) is 0.591. The molecule has 0 aromatic heterocycles. The number of carbonyl (C=O) groups is 3. The summed E-state index contributed by atoms with van der Waals surface area (Å²) in [6.45, 7) is 9.31. The Labute approximate surface area is 182 Å². The Morgan fingerprint density at radius 3 is 2.53 bits per heavy atom. The molecule has 1 aromatic carbocycles. The first-order chi connectivity index (χ1) is 14.1. The first-order valence-electron chi connectivity index (χ1n) is 10.4. The van der Waals surface area contributed by atoms with Crippen molar-refractivity contribution in [1.29, 1.82) is 0 Å². The zero-order valence-electron chi connectivity index (χ0n) is 18.1. The van der Waals surface area contributed by atoms with Crippen LogP contribution in [0.5, 0.6) is 0 Å². The van der Waals surface area contributed by atoms with Gasteiger partial charge in [0.2, 0.25) is 11.8 Å². The van der Waals surface area contributed by atoms with Crippen molar-refractivity contribution < 1.29 is 19.5 Å². The van der Waals surface area contributed by atoms with Gasteiger partial charge in [-0.3, -0.25) is 14.4 Å². The molecule has 1 fully saturated rings. The van der Waals surface area contributed by atoms with E-state index in [1.807, 2.05) is 45.9 Å². The van der Waals surface area contributed by atoms with Crippen molar-refractivity contribution in [2.75, 3.05) is 6.61 Å². The van der Waals surface area contributed by atoms with E-state index in [0.29, 0.717) is 5.56 Å². The van der Waals surface area contributed by atoms with Crippen LogP contribution in [0.15, 0.2) is 24.3 Å². The van der Waals surface area contributed by atoms with Crippen LogP contribution in [0.2, 0.25) is 0 Å². The molecule has 5 atom stereocenters. The van der Waals surface area contributed by atoms with Crippen LogP contribution in [-0.2, 0) is 9.59 Å². The summed E-state index contributed by atoms with van der Waals surface area (Å²) >= 11 is 1.59. The molecule has 7 nitrogen and oxygen atoms in total. The highest BCUT2D eigenvalue weighted by Crippen LogP contribution is 2.56. The van der Waals surface area contributed by atoms with Crippen LogP contribution in [0, 0.1) is 5.92 Å². The lowest BCUT2D eigenvalue weighted by molar-refractivity contribution is -0.132. The number of rotatable bonds is 7. The maximum Gasteiger partial charge on any atom is 0.256 e. The monoisotopic (exact) mass is 433 g/mol. The van der Waals surface area contributed by atoms with Crippen LogP contribution in [0.25, 0.3) is 0 Å². The van der Waals surface area contributed by atoms with E-state index in [9.17, 15) is 19.5 Å². The van der Waals surface area contributed by atoms with Crippen molar-refractivity contribution in [3.8, 4) is 0 Å². The third kappa shape index (κ3) is 3.95. The van der Waals surface area contributed by atoms with Crippen molar-refractivity contribution in [2.24, 2.45) is 5.92 Å². The third-order valence-electron chi connectivity index (χ3n) is 6.15. The maximum atomic E-state index is 13.2. The molecule has 0 spiro atoms. The minimum Gasteiger partial charge on any atom is -0.394 e. The van der Waals surface area contributed by atoms with Crippen molar-refractivity contribution in [3.63, 3.8) is 0 Å². The number of nitrogens with zero attached hydrogens (tertiary/aromatic N) is 1. The Hall–Kier alpha value is -2.06. The molecule has 2 heterocycles. The SMILES string of the molecule is CC[C@H](C)[C@@H](CO)NC(=O)[C@H](C)NC(=O)[C@H]1N2C(=O)c3ccccc3[C@H]2SC1(C)C. The average Bonchev–Trinajstić information content (AvgIpc) is 3.14. The Bertz CT molecular complexity index is 843. The minimum absolute atomic E-state index is 0.119. The molecule has 164 valence electrons.